The Kier molecular flexibility index (Phi) is 6.90. The van der Waals surface area contributed by atoms with E-state index in [0.717, 1.165) is 26.2 Å². The van der Waals surface area contributed by atoms with Crippen molar-refractivity contribution in [3.63, 3.8) is 0 Å². The number of aliphatic carboxylic acids is 1. The number of nitrogens with one attached hydrogen (secondary N) is 1. The highest BCUT2D eigenvalue weighted by atomic mass is 32.2. The number of halogens is 3. The first-order valence-electron chi connectivity index (χ1n) is 7.98. The van der Waals surface area contributed by atoms with Gasteiger partial charge in [0.05, 0.1) is 19.5 Å². The molecule has 27 heavy (non-hydrogen) atoms. The highest BCUT2D eigenvalue weighted by Gasteiger charge is 2.50. The van der Waals surface area contributed by atoms with Crippen LogP contribution >= 0.6 is 11.3 Å². The maximum absolute atomic E-state index is 11.3. The number of sulfonamides is 1. The SMILES string of the molecule is CS(=O)(=O)NC[C@]12COC[C@H]1CN(Cc1cccs1)C2.O=C(O)C(F)(F)F. The molecule has 7 nitrogen and oxygen atoms in total. The highest BCUT2D eigenvalue weighted by Crippen LogP contribution is 2.41. The van der Waals surface area contributed by atoms with Crippen LogP contribution in [0.4, 0.5) is 13.2 Å². The van der Waals surface area contributed by atoms with Crippen LogP contribution < -0.4 is 4.72 Å². The van der Waals surface area contributed by atoms with E-state index in [1.807, 2.05) is 0 Å². The first-order valence-corrected chi connectivity index (χ1v) is 10.8. The van der Waals surface area contributed by atoms with E-state index in [2.05, 4.69) is 27.1 Å². The van der Waals surface area contributed by atoms with Crippen molar-refractivity contribution < 1.29 is 36.2 Å². The lowest BCUT2D eigenvalue weighted by atomic mass is 9.81. The fraction of sp³-hybridized carbons (Fsp3) is 0.667. The molecule has 2 saturated heterocycles. The Morgan fingerprint density at radius 2 is 2.19 bits per heavy atom. The zero-order valence-corrected chi connectivity index (χ0v) is 16.2. The van der Waals surface area contributed by atoms with Gasteiger partial charge in [0.2, 0.25) is 10.0 Å². The third-order valence-electron chi connectivity index (χ3n) is 4.48. The Morgan fingerprint density at radius 3 is 2.70 bits per heavy atom. The summed E-state index contributed by atoms with van der Waals surface area (Å²) in [6.45, 7) is 4.72. The topological polar surface area (TPSA) is 95.9 Å². The first-order chi connectivity index (χ1) is 12.4. The largest absolute Gasteiger partial charge is 0.490 e. The maximum Gasteiger partial charge on any atom is 0.490 e. The lowest BCUT2D eigenvalue weighted by Crippen LogP contribution is -2.42. The number of hydrogen-bond acceptors (Lipinski definition) is 6. The Bertz CT molecular complexity index is 739. The number of carboxylic acids is 1. The monoisotopic (exact) mass is 430 g/mol. The average Bonchev–Trinajstić information content (AvgIpc) is 3.20. The molecule has 154 valence electrons. The number of nitrogens with zero attached hydrogens (tertiary/aromatic N) is 1. The Morgan fingerprint density at radius 1 is 1.52 bits per heavy atom. The number of likely N-dealkylation sites (tertiary alicyclic amines) is 1. The molecule has 0 unspecified atom stereocenters. The van der Waals surface area contributed by atoms with Gasteiger partial charge in [-0.1, -0.05) is 6.07 Å². The molecule has 2 aliphatic rings. The van der Waals surface area contributed by atoms with Crippen molar-refractivity contribution in [2.75, 3.05) is 39.1 Å². The highest BCUT2D eigenvalue weighted by molar-refractivity contribution is 7.88. The molecule has 1 aromatic heterocycles. The fourth-order valence-corrected chi connectivity index (χ4v) is 4.51. The molecule has 0 saturated carbocycles. The maximum atomic E-state index is 11.3. The number of carboxylic acid groups (broad SMARTS) is 1. The molecule has 1 aromatic rings. The molecule has 0 bridgehead atoms. The predicted molar refractivity (Wildman–Crippen MR) is 92.9 cm³/mol. The summed E-state index contributed by atoms with van der Waals surface area (Å²) in [7, 11) is -3.14. The number of alkyl halides is 3. The van der Waals surface area contributed by atoms with E-state index in [4.69, 9.17) is 14.6 Å². The standard InChI is InChI=1S/C13H20N2O3S2.C2HF3O2/c1-20(16,17)14-8-13-9-15(5-11(13)7-18-10-13)6-12-3-2-4-19-12;3-2(4,5)1(6)7/h2-4,11,14H,5-10H2,1H3;(H,6,7)/t11-,13+;/m1./s1. The van der Waals surface area contributed by atoms with Crippen LogP contribution in [0.5, 0.6) is 0 Å². The number of ether oxygens (including phenoxy) is 1. The van der Waals surface area contributed by atoms with Gasteiger partial charge in [0.1, 0.15) is 0 Å². The number of carbonyl (C=O) groups is 1. The minimum absolute atomic E-state index is 0.0552. The second kappa shape index (κ2) is 8.43. The van der Waals surface area contributed by atoms with Crippen LogP contribution in [0.1, 0.15) is 4.88 Å². The normalized spacial score (nSPS) is 25.7. The minimum Gasteiger partial charge on any atom is -0.475 e. The zero-order chi connectivity index (χ0) is 20.3. The van der Waals surface area contributed by atoms with Gasteiger partial charge in [-0.3, -0.25) is 4.90 Å². The van der Waals surface area contributed by atoms with E-state index in [9.17, 15) is 21.6 Å². The summed E-state index contributed by atoms with van der Waals surface area (Å²) in [5.41, 5.74) is -0.0552. The molecule has 0 spiro atoms. The summed E-state index contributed by atoms with van der Waals surface area (Å²) in [6.07, 6.45) is -3.87. The number of thiophene rings is 1. The van der Waals surface area contributed by atoms with Crippen molar-refractivity contribution in [3.05, 3.63) is 22.4 Å². The van der Waals surface area contributed by atoms with E-state index in [0.29, 0.717) is 19.1 Å². The van der Waals surface area contributed by atoms with Crippen LogP contribution in [0, 0.1) is 11.3 Å². The van der Waals surface area contributed by atoms with Crippen LogP contribution in [-0.4, -0.2) is 69.7 Å². The van der Waals surface area contributed by atoms with Gasteiger partial charge in [0.25, 0.3) is 0 Å². The molecule has 0 aliphatic carbocycles. The third-order valence-corrected chi connectivity index (χ3v) is 6.01. The molecule has 3 heterocycles. The molecule has 2 aliphatic heterocycles. The van der Waals surface area contributed by atoms with Gasteiger partial charge < -0.3 is 9.84 Å². The summed E-state index contributed by atoms with van der Waals surface area (Å²) < 4.78 is 62.7. The Hall–Kier alpha value is -1.21. The number of rotatable bonds is 5. The molecule has 0 radical (unpaired) electrons. The summed E-state index contributed by atoms with van der Waals surface area (Å²) >= 11 is 1.77. The molecule has 2 N–H and O–H groups in total. The summed E-state index contributed by atoms with van der Waals surface area (Å²) in [6, 6.07) is 4.22. The van der Waals surface area contributed by atoms with Gasteiger partial charge in [0, 0.05) is 42.4 Å². The molecular formula is C15H21F3N2O5S2. The molecule has 0 amide bonds. The van der Waals surface area contributed by atoms with Gasteiger partial charge in [-0.05, 0) is 11.4 Å². The van der Waals surface area contributed by atoms with Crippen molar-refractivity contribution in [3.8, 4) is 0 Å². The van der Waals surface area contributed by atoms with Gasteiger partial charge in [0.15, 0.2) is 0 Å². The van der Waals surface area contributed by atoms with E-state index in [-0.39, 0.29) is 5.41 Å². The lowest BCUT2D eigenvalue weighted by molar-refractivity contribution is -0.192. The predicted octanol–water partition coefficient (Wildman–Crippen LogP) is 1.38. The Balaban J connectivity index is 0.000000321. The van der Waals surface area contributed by atoms with Crippen molar-refractivity contribution >= 4 is 27.3 Å². The summed E-state index contributed by atoms with van der Waals surface area (Å²) in [5, 5.41) is 9.22. The molecule has 2 atom stereocenters. The van der Waals surface area contributed by atoms with Gasteiger partial charge in [-0.25, -0.2) is 17.9 Å². The van der Waals surface area contributed by atoms with Crippen molar-refractivity contribution in [2.45, 2.75) is 12.7 Å². The number of fused-ring (bicyclic) bond motifs is 1. The quantitative estimate of drug-likeness (QED) is 0.733. The zero-order valence-electron chi connectivity index (χ0n) is 14.5. The van der Waals surface area contributed by atoms with E-state index < -0.39 is 22.2 Å². The Labute approximate surface area is 159 Å². The smallest absolute Gasteiger partial charge is 0.475 e. The van der Waals surface area contributed by atoms with E-state index >= 15 is 0 Å². The molecule has 2 fully saturated rings. The fourth-order valence-electron chi connectivity index (χ4n) is 3.21. The van der Waals surface area contributed by atoms with E-state index in [1.54, 1.807) is 11.3 Å². The van der Waals surface area contributed by atoms with Crippen LogP contribution in [0.2, 0.25) is 0 Å². The summed E-state index contributed by atoms with van der Waals surface area (Å²) in [5.74, 6) is -2.33. The first kappa shape index (κ1) is 22.1. The van der Waals surface area contributed by atoms with Crippen LogP contribution in [-0.2, 0) is 26.1 Å². The molecule has 12 heteroatoms. The molecule has 0 aromatic carbocycles. The summed E-state index contributed by atoms with van der Waals surface area (Å²) in [4.78, 5) is 12.7. The van der Waals surface area contributed by atoms with Gasteiger partial charge in [-0.2, -0.15) is 13.2 Å². The van der Waals surface area contributed by atoms with Crippen molar-refractivity contribution in [1.82, 2.24) is 9.62 Å². The molecule has 3 rings (SSSR count). The van der Waals surface area contributed by atoms with Crippen LogP contribution in [0.25, 0.3) is 0 Å². The van der Waals surface area contributed by atoms with Crippen molar-refractivity contribution in [1.29, 1.82) is 0 Å². The van der Waals surface area contributed by atoms with E-state index in [1.165, 1.54) is 11.1 Å². The third kappa shape index (κ3) is 6.42. The average molecular weight is 430 g/mol. The number of hydrogen-bond donors (Lipinski definition) is 2. The van der Waals surface area contributed by atoms with Crippen molar-refractivity contribution in [2.24, 2.45) is 11.3 Å². The van der Waals surface area contributed by atoms with Gasteiger partial charge >= 0.3 is 12.1 Å². The van der Waals surface area contributed by atoms with Gasteiger partial charge in [-0.15, -0.1) is 11.3 Å². The molecular weight excluding hydrogens is 409 g/mol. The second-order valence-electron chi connectivity index (χ2n) is 6.72. The van der Waals surface area contributed by atoms with Crippen LogP contribution in [0.3, 0.4) is 0 Å². The second-order valence-corrected chi connectivity index (χ2v) is 9.58. The lowest BCUT2D eigenvalue weighted by Gasteiger charge is -2.27. The minimum atomic E-state index is -5.08. The van der Waals surface area contributed by atoms with Crippen LogP contribution in [0.15, 0.2) is 17.5 Å².